The van der Waals surface area contributed by atoms with Gasteiger partial charge in [0.2, 0.25) is 0 Å². The van der Waals surface area contributed by atoms with E-state index in [9.17, 15) is 4.79 Å². The van der Waals surface area contributed by atoms with Crippen LogP contribution in [-0.4, -0.2) is 46.9 Å². The van der Waals surface area contributed by atoms with Crippen LogP contribution in [0.3, 0.4) is 0 Å². The molecule has 1 fully saturated rings. The Balaban J connectivity index is 1.30. The summed E-state index contributed by atoms with van der Waals surface area (Å²) in [6.45, 7) is 5.74. The van der Waals surface area contributed by atoms with Crippen molar-refractivity contribution in [1.82, 2.24) is 14.8 Å². The number of H-pyrrole nitrogens is 1. The SMILES string of the molecule is CC(c1ccsc1)N1CCN(C(=O)c2ccc3[nH]c4c(c3c2)CCCC4)CC1. The van der Waals surface area contributed by atoms with E-state index in [1.807, 2.05) is 11.0 Å². The van der Waals surface area contributed by atoms with E-state index in [0.717, 1.165) is 44.6 Å². The van der Waals surface area contributed by atoms with Crippen molar-refractivity contribution in [2.24, 2.45) is 0 Å². The molecule has 1 atom stereocenters. The van der Waals surface area contributed by atoms with Gasteiger partial charge in [0.25, 0.3) is 5.91 Å². The second-order valence-electron chi connectivity index (χ2n) is 8.11. The Morgan fingerprint density at radius 1 is 1.11 bits per heavy atom. The summed E-state index contributed by atoms with van der Waals surface area (Å²) in [5.74, 6) is 0.176. The van der Waals surface area contributed by atoms with Crippen molar-refractivity contribution in [3.63, 3.8) is 0 Å². The first kappa shape index (κ1) is 18.0. The average molecular weight is 394 g/mol. The lowest BCUT2D eigenvalue weighted by Crippen LogP contribution is -2.49. The number of aryl methyl sites for hydroxylation is 2. The van der Waals surface area contributed by atoms with Crippen molar-refractivity contribution >= 4 is 28.1 Å². The van der Waals surface area contributed by atoms with Crippen molar-refractivity contribution in [1.29, 1.82) is 0 Å². The summed E-state index contributed by atoms with van der Waals surface area (Å²) in [5, 5.41) is 5.63. The van der Waals surface area contributed by atoms with Crippen LogP contribution < -0.4 is 0 Å². The van der Waals surface area contributed by atoms with Crippen LogP contribution in [-0.2, 0) is 12.8 Å². The van der Waals surface area contributed by atoms with Crippen LogP contribution in [0, 0.1) is 0 Å². The predicted molar refractivity (Wildman–Crippen MR) is 115 cm³/mol. The van der Waals surface area contributed by atoms with Gasteiger partial charge in [0.1, 0.15) is 0 Å². The maximum atomic E-state index is 13.1. The summed E-state index contributed by atoms with van der Waals surface area (Å²) in [6, 6.07) is 8.84. The number of nitrogens with zero attached hydrogens (tertiary/aromatic N) is 2. The maximum Gasteiger partial charge on any atom is 0.253 e. The summed E-state index contributed by atoms with van der Waals surface area (Å²) in [5.41, 5.74) is 6.21. The molecule has 5 rings (SSSR count). The maximum absolute atomic E-state index is 13.1. The second kappa shape index (κ2) is 7.37. The Hall–Kier alpha value is -2.11. The van der Waals surface area contributed by atoms with Gasteiger partial charge in [-0.1, -0.05) is 0 Å². The highest BCUT2D eigenvalue weighted by Crippen LogP contribution is 2.30. The first-order valence-corrected chi connectivity index (χ1v) is 11.3. The predicted octanol–water partition coefficient (Wildman–Crippen LogP) is 4.63. The number of aromatic amines is 1. The van der Waals surface area contributed by atoms with Gasteiger partial charge in [0, 0.05) is 54.4 Å². The van der Waals surface area contributed by atoms with E-state index in [2.05, 4.69) is 45.8 Å². The molecular formula is C23H27N3OS. The fraction of sp³-hybridized carbons (Fsp3) is 0.435. The van der Waals surface area contributed by atoms with E-state index in [0.29, 0.717) is 6.04 Å². The van der Waals surface area contributed by atoms with E-state index in [1.54, 1.807) is 11.3 Å². The minimum atomic E-state index is 0.176. The molecule has 1 amide bonds. The summed E-state index contributed by atoms with van der Waals surface area (Å²) in [6.07, 6.45) is 4.78. The van der Waals surface area contributed by atoms with Crippen LogP contribution in [0.15, 0.2) is 35.0 Å². The Morgan fingerprint density at radius 2 is 1.93 bits per heavy atom. The Morgan fingerprint density at radius 3 is 2.71 bits per heavy atom. The van der Waals surface area contributed by atoms with Gasteiger partial charge in [-0.3, -0.25) is 9.69 Å². The van der Waals surface area contributed by atoms with Gasteiger partial charge in [-0.05, 0) is 78.8 Å². The molecule has 3 heterocycles. The number of benzene rings is 1. The molecule has 1 N–H and O–H groups in total. The number of nitrogens with one attached hydrogen (secondary N) is 1. The zero-order valence-electron chi connectivity index (χ0n) is 16.4. The largest absolute Gasteiger partial charge is 0.358 e. The fourth-order valence-electron chi connectivity index (χ4n) is 4.76. The molecule has 1 aliphatic heterocycles. The number of carbonyl (C=O) groups is 1. The molecule has 0 saturated carbocycles. The van der Waals surface area contributed by atoms with E-state index >= 15 is 0 Å². The van der Waals surface area contributed by atoms with Crippen molar-refractivity contribution < 1.29 is 4.79 Å². The summed E-state index contributed by atoms with van der Waals surface area (Å²) in [4.78, 5) is 21.2. The molecule has 0 spiro atoms. The van der Waals surface area contributed by atoms with Gasteiger partial charge >= 0.3 is 0 Å². The third-order valence-corrected chi connectivity index (χ3v) is 7.22. The Kier molecular flexibility index (Phi) is 4.73. The van der Waals surface area contributed by atoms with Crippen molar-refractivity contribution in [2.75, 3.05) is 26.2 Å². The molecule has 146 valence electrons. The molecule has 2 aromatic heterocycles. The van der Waals surface area contributed by atoms with Crippen LogP contribution in [0.1, 0.15) is 53.0 Å². The minimum absolute atomic E-state index is 0.176. The molecule has 28 heavy (non-hydrogen) atoms. The van der Waals surface area contributed by atoms with Gasteiger partial charge in [0.05, 0.1) is 0 Å². The van der Waals surface area contributed by atoms with Gasteiger partial charge in [0.15, 0.2) is 0 Å². The van der Waals surface area contributed by atoms with Crippen LogP contribution >= 0.6 is 11.3 Å². The molecular weight excluding hydrogens is 366 g/mol. The van der Waals surface area contributed by atoms with E-state index in [-0.39, 0.29) is 5.91 Å². The van der Waals surface area contributed by atoms with Crippen LogP contribution in [0.4, 0.5) is 0 Å². The molecule has 1 unspecified atom stereocenters. The average Bonchev–Trinajstić information content (AvgIpc) is 3.40. The number of amides is 1. The third-order valence-electron chi connectivity index (χ3n) is 6.52. The number of hydrogen-bond acceptors (Lipinski definition) is 3. The molecule has 1 aliphatic carbocycles. The monoisotopic (exact) mass is 393 g/mol. The molecule has 2 aliphatic rings. The third kappa shape index (κ3) is 3.16. The number of piperazine rings is 1. The fourth-order valence-corrected chi connectivity index (χ4v) is 5.50. The zero-order chi connectivity index (χ0) is 19.1. The molecule has 5 heteroatoms. The Bertz CT molecular complexity index is 983. The minimum Gasteiger partial charge on any atom is -0.358 e. The highest BCUT2D eigenvalue weighted by atomic mass is 32.1. The van der Waals surface area contributed by atoms with Crippen molar-refractivity contribution in [3.8, 4) is 0 Å². The Labute approximate surface area is 170 Å². The van der Waals surface area contributed by atoms with Crippen LogP contribution in [0.25, 0.3) is 10.9 Å². The molecule has 0 bridgehead atoms. The summed E-state index contributed by atoms with van der Waals surface area (Å²) < 4.78 is 0. The van der Waals surface area contributed by atoms with Gasteiger partial charge in [-0.25, -0.2) is 0 Å². The summed E-state index contributed by atoms with van der Waals surface area (Å²) >= 11 is 1.75. The lowest BCUT2D eigenvalue weighted by molar-refractivity contribution is 0.0582. The number of rotatable bonds is 3. The lowest BCUT2D eigenvalue weighted by atomic mass is 9.95. The highest BCUT2D eigenvalue weighted by molar-refractivity contribution is 7.07. The van der Waals surface area contributed by atoms with Gasteiger partial charge in [-0.2, -0.15) is 11.3 Å². The number of carbonyl (C=O) groups excluding carboxylic acids is 1. The van der Waals surface area contributed by atoms with E-state index < -0.39 is 0 Å². The number of fused-ring (bicyclic) bond motifs is 3. The molecule has 3 aromatic rings. The summed E-state index contributed by atoms with van der Waals surface area (Å²) in [7, 11) is 0. The zero-order valence-corrected chi connectivity index (χ0v) is 17.2. The molecule has 1 saturated heterocycles. The van der Waals surface area contributed by atoms with Gasteiger partial charge in [-0.15, -0.1) is 0 Å². The van der Waals surface area contributed by atoms with E-state index in [4.69, 9.17) is 0 Å². The van der Waals surface area contributed by atoms with Crippen molar-refractivity contribution in [3.05, 3.63) is 57.4 Å². The number of hydrogen-bond donors (Lipinski definition) is 1. The quantitative estimate of drug-likeness (QED) is 0.705. The first-order valence-electron chi connectivity index (χ1n) is 10.4. The first-order chi connectivity index (χ1) is 13.7. The topological polar surface area (TPSA) is 39.3 Å². The molecule has 0 radical (unpaired) electrons. The van der Waals surface area contributed by atoms with Crippen LogP contribution in [0.5, 0.6) is 0 Å². The molecule has 1 aromatic carbocycles. The van der Waals surface area contributed by atoms with Crippen molar-refractivity contribution in [2.45, 2.75) is 38.6 Å². The highest BCUT2D eigenvalue weighted by Gasteiger charge is 2.26. The molecule has 4 nitrogen and oxygen atoms in total. The normalized spacial score (nSPS) is 19.0. The number of thiophene rings is 1. The standard InChI is InChI=1S/C23H27N3OS/c1-16(18-8-13-28-15-18)25-9-11-26(12-10-25)23(27)17-6-7-22-20(14-17)19-4-2-3-5-21(19)24-22/h6-8,13-16,24H,2-5,9-12H2,1H3. The smallest absolute Gasteiger partial charge is 0.253 e. The van der Waals surface area contributed by atoms with Crippen LogP contribution in [0.2, 0.25) is 0 Å². The lowest BCUT2D eigenvalue weighted by Gasteiger charge is -2.38. The second-order valence-corrected chi connectivity index (χ2v) is 8.89. The van der Waals surface area contributed by atoms with E-state index in [1.165, 1.54) is 40.6 Å². The number of aromatic nitrogens is 1. The van der Waals surface area contributed by atoms with Gasteiger partial charge < -0.3 is 9.88 Å².